The smallest absolute Gasteiger partial charge is 0.260 e. The number of carbonyl (C=O) groups is 1. The van der Waals surface area contributed by atoms with Crippen LogP contribution in [0.25, 0.3) is 0 Å². The van der Waals surface area contributed by atoms with Crippen molar-refractivity contribution >= 4 is 5.91 Å². The van der Waals surface area contributed by atoms with Gasteiger partial charge in [0.2, 0.25) is 0 Å². The minimum Gasteiger partial charge on any atom is -0.481 e. The molecule has 0 aromatic heterocycles. The maximum absolute atomic E-state index is 12.6. The highest BCUT2D eigenvalue weighted by Gasteiger charge is 2.25. The number of ether oxygens (including phenoxy) is 1. The summed E-state index contributed by atoms with van der Waals surface area (Å²) < 4.78 is 5.95. The van der Waals surface area contributed by atoms with Gasteiger partial charge in [-0.1, -0.05) is 50.2 Å². The predicted octanol–water partition coefficient (Wildman–Crippen LogP) is 5.21. The molecule has 3 nitrogen and oxygen atoms in total. The number of hydrogen-bond donors (Lipinski definition) is 1. The van der Waals surface area contributed by atoms with Crippen LogP contribution < -0.4 is 10.1 Å². The number of fused-ring (bicyclic) bond motifs is 1. The fourth-order valence-electron chi connectivity index (χ4n) is 4.22. The number of aryl methyl sites for hydroxylation is 2. The number of nitrogens with one attached hydrogen (secondary N) is 1. The van der Waals surface area contributed by atoms with Crippen LogP contribution in [0.15, 0.2) is 48.5 Å². The second kappa shape index (κ2) is 8.81. The molecule has 3 rings (SSSR count). The number of benzene rings is 2. The maximum atomic E-state index is 12.6. The van der Waals surface area contributed by atoms with Crippen LogP contribution in [0.4, 0.5) is 0 Å². The Morgan fingerprint density at radius 1 is 1.04 bits per heavy atom. The quantitative estimate of drug-likeness (QED) is 0.717. The largest absolute Gasteiger partial charge is 0.481 e. The van der Waals surface area contributed by atoms with Crippen molar-refractivity contribution in [3.05, 3.63) is 65.2 Å². The number of carbonyl (C=O) groups excluding carboxylic acids is 1. The molecule has 150 valence electrons. The lowest BCUT2D eigenvalue weighted by Crippen LogP contribution is -2.43. The summed E-state index contributed by atoms with van der Waals surface area (Å²) in [5.41, 5.74) is 4.08. The summed E-state index contributed by atoms with van der Waals surface area (Å²) in [4.78, 5) is 12.6. The maximum Gasteiger partial charge on any atom is 0.260 e. The molecule has 28 heavy (non-hydrogen) atoms. The summed E-state index contributed by atoms with van der Waals surface area (Å²) >= 11 is 0. The summed E-state index contributed by atoms with van der Waals surface area (Å²) in [5, 5.41) is 3.12. The van der Waals surface area contributed by atoms with Crippen LogP contribution >= 0.6 is 0 Å². The van der Waals surface area contributed by atoms with E-state index in [1.54, 1.807) is 0 Å². The Morgan fingerprint density at radius 2 is 1.71 bits per heavy atom. The monoisotopic (exact) mass is 379 g/mol. The minimum absolute atomic E-state index is 0.00343. The van der Waals surface area contributed by atoms with Gasteiger partial charge >= 0.3 is 0 Å². The van der Waals surface area contributed by atoms with Crippen LogP contribution in [0.2, 0.25) is 0 Å². The zero-order chi connectivity index (χ0) is 20.1. The van der Waals surface area contributed by atoms with Gasteiger partial charge in [-0.15, -0.1) is 0 Å². The van der Waals surface area contributed by atoms with Crippen molar-refractivity contribution in [3.8, 4) is 5.75 Å². The first kappa shape index (κ1) is 20.4. The van der Waals surface area contributed by atoms with Crippen molar-refractivity contribution < 1.29 is 9.53 Å². The normalized spacial score (nSPS) is 16.0. The van der Waals surface area contributed by atoms with E-state index in [0.29, 0.717) is 0 Å². The van der Waals surface area contributed by atoms with E-state index in [0.717, 1.165) is 25.0 Å². The summed E-state index contributed by atoms with van der Waals surface area (Å²) in [6.45, 7) is 8.33. The summed E-state index contributed by atoms with van der Waals surface area (Å²) in [6.07, 6.45) is 5.13. The van der Waals surface area contributed by atoms with Gasteiger partial charge in [-0.2, -0.15) is 0 Å². The first-order valence-corrected chi connectivity index (χ1v) is 10.5. The molecular weight excluding hydrogens is 346 g/mol. The molecule has 3 heteroatoms. The van der Waals surface area contributed by atoms with Crippen molar-refractivity contribution in [2.24, 2.45) is 0 Å². The van der Waals surface area contributed by atoms with Gasteiger partial charge in [0.15, 0.2) is 6.10 Å². The molecule has 0 bridgehead atoms. The summed E-state index contributed by atoms with van der Waals surface area (Å²) in [7, 11) is 0. The van der Waals surface area contributed by atoms with Crippen LogP contribution in [0.3, 0.4) is 0 Å². The van der Waals surface area contributed by atoms with Gasteiger partial charge in [0.1, 0.15) is 5.75 Å². The van der Waals surface area contributed by atoms with Crippen LogP contribution in [-0.2, 0) is 23.1 Å². The lowest BCUT2D eigenvalue weighted by Gasteiger charge is -2.29. The van der Waals surface area contributed by atoms with E-state index in [2.05, 4.69) is 62.5 Å². The molecule has 1 N–H and O–H groups in total. The fourth-order valence-corrected chi connectivity index (χ4v) is 4.22. The lowest BCUT2D eigenvalue weighted by atomic mass is 9.79. The van der Waals surface area contributed by atoms with Gasteiger partial charge in [-0.25, -0.2) is 0 Å². The molecule has 1 aliphatic carbocycles. The Bertz CT molecular complexity index is 797. The first-order valence-electron chi connectivity index (χ1n) is 10.5. The highest BCUT2D eigenvalue weighted by Crippen LogP contribution is 2.28. The van der Waals surface area contributed by atoms with Gasteiger partial charge < -0.3 is 10.1 Å². The standard InChI is InChI=1S/C25H33NO2/c1-18(17-25(3,4)22-12-6-5-7-13-22)26-24(27)19(2)28-23-15-14-20-10-8-9-11-21(20)16-23/h5-7,12-16,18-19H,8-11,17H2,1-4H3,(H,26,27)/t18-,19+/m0/s1. The molecule has 0 unspecified atom stereocenters. The second-order valence-corrected chi connectivity index (χ2v) is 8.76. The summed E-state index contributed by atoms with van der Waals surface area (Å²) in [6, 6.07) is 16.8. The third kappa shape index (κ3) is 5.15. The predicted molar refractivity (Wildman–Crippen MR) is 115 cm³/mol. The Labute approximate surface area is 169 Å². The zero-order valence-electron chi connectivity index (χ0n) is 17.6. The molecular formula is C25H33NO2. The summed E-state index contributed by atoms with van der Waals surface area (Å²) in [5.74, 6) is 0.731. The SMILES string of the molecule is C[C@@H](CC(C)(C)c1ccccc1)NC(=O)[C@@H](C)Oc1ccc2c(c1)CCCC2. The van der Waals surface area contributed by atoms with Gasteiger partial charge in [0, 0.05) is 6.04 Å². The molecule has 0 spiro atoms. The fraction of sp³-hybridized carbons (Fsp3) is 0.480. The number of rotatable bonds is 7. The van der Waals surface area contributed by atoms with Crippen molar-refractivity contribution in [1.29, 1.82) is 0 Å². The third-order valence-corrected chi connectivity index (χ3v) is 5.76. The Hall–Kier alpha value is -2.29. The van der Waals surface area contributed by atoms with Crippen LogP contribution in [0.5, 0.6) is 5.75 Å². The van der Waals surface area contributed by atoms with E-state index >= 15 is 0 Å². The van der Waals surface area contributed by atoms with Gasteiger partial charge in [0.25, 0.3) is 5.91 Å². The van der Waals surface area contributed by atoms with E-state index in [-0.39, 0.29) is 17.4 Å². The van der Waals surface area contributed by atoms with E-state index < -0.39 is 6.10 Å². The molecule has 0 heterocycles. The highest BCUT2D eigenvalue weighted by atomic mass is 16.5. The van der Waals surface area contributed by atoms with E-state index in [9.17, 15) is 4.79 Å². The van der Waals surface area contributed by atoms with E-state index in [1.807, 2.05) is 19.1 Å². The molecule has 0 saturated heterocycles. The molecule has 1 aliphatic rings. The van der Waals surface area contributed by atoms with Crippen LogP contribution in [0.1, 0.15) is 63.6 Å². The minimum atomic E-state index is -0.510. The molecule has 0 aliphatic heterocycles. The molecule has 0 radical (unpaired) electrons. The first-order chi connectivity index (χ1) is 13.3. The number of hydrogen-bond acceptors (Lipinski definition) is 2. The van der Waals surface area contributed by atoms with E-state index in [1.165, 1.54) is 29.5 Å². The van der Waals surface area contributed by atoms with Gasteiger partial charge in [-0.3, -0.25) is 4.79 Å². The Balaban J connectivity index is 1.55. The average Bonchev–Trinajstić information content (AvgIpc) is 2.68. The molecule has 2 aromatic carbocycles. The van der Waals surface area contributed by atoms with Crippen molar-refractivity contribution in [1.82, 2.24) is 5.32 Å². The second-order valence-electron chi connectivity index (χ2n) is 8.76. The topological polar surface area (TPSA) is 38.3 Å². The Kier molecular flexibility index (Phi) is 6.43. The zero-order valence-corrected chi connectivity index (χ0v) is 17.6. The van der Waals surface area contributed by atoms with E-state index in [4.69, 9.17) is 4.74 Å². The molecule has 2 atom stereocenters. The van der Waals surface area contributed by atoms with Crippen LogP contribution in [0, 0.1) is 0 Å². The molecule has 2 aromatic rings. The van der Waals surface area contributed by atoms with Crippen molar-refractivity contribution in [3.63, 3.8) is 0 Å². The molecule has 0 saturated carbocycles. The molecule has 1 amide bonds. The lowest BCUT2D eigenvalue weighted by molar-refractivity contribution is -0.128. The van der Waals surface area contributed by atoms with Gasteiger partial charge in [0.05, 0.1) is 0 Å². The third-order valence-electron chi connectivity index (χ3n) is 5.76. The van der Waals surface area contributed by atoms with Crippen molar-refractivity contribution in [2.75, 3.05) is 0 Å². The molecule has 0 fully saturated rings. The van der Waals surface area contributed by atoms with Gasteiger partial charge in [-0.05, 0) is 80.2 Å². The number of amides is 1. The Morgan fingerprint density at radius 3 is 2.43 bits per heavy atom. The van der Waals surface area contributed by atoms with Crippen molar-refractivity contribution in [2.45, 2.75) is 77.4 Å². The van der Waals surface area contributed by atoms with Crippen LogP contribution in [-0.4, -0.2) is 18.1 Å². The average molecular weight is 380 g/mol. The highest BCUT2D eigenvalue weighted by molar-refractivity contribution is 5.81.